The Morgan fingerprint density at radius 1 is 0.726 bits per heavy atom. The van der Waals surface area contributed by atoms with Gasteiger partial charge in [0.15, 0.2) is 0 Å². The first kappa shape index (κ1) is 44.5. The highest BCUT2D eigenvalue weighted by Gasteiger charge is 2.45. The molecule has 3 saturated heterocycles. The van der Waals surface area contributed by atoms with Crippen molar-refractivity contribution in [1.29, 1.82) is 0 Å². The predicted molar refractivity (Wildman–Crippen MR) is 243 cm³/mol. The summed E-state index contributed by atoms with van der Waals surface area (Å²) in [5, 5.41) is 21.6. The number of ether oxygens (including phenoxy) is 1. The molecule has 0 aliphatic carbocycles. The fourth-order valence-electron chi connectivity index (χ4n) is 9.26. The Morgan fingerprint density at radius 2 is 1.37 bits per heavy atom. The number of benzene rings is 4. The molecule has 4 aliphatic heterocycles. The van der Waals surface area contributed by atoms with Gasteiger partial charge in [0.25, 0.3) is 11.8 Å². The maximum absolute atomic E-state index is 13.3. The molecule has 324 valence electrons. The number of nitrogens with zero attached hydrogens (tertiary/aromatic N) is 4. The molecule has 0 saturated carbocycles. The number of piperidine rings is 2. The summed E-state index contributed by atoms with van der Waals surface area (Å²) in [5.41, 5.74) is 7.56. The van der Waals surface area contributed by atoms with Crippen LogP contribution in [0.5, 0.6) is 5.75 Å². The van der Waals surface area contributed by atoms with E-state index in [4.69, 9.17) is 4.74 Å². The number of likely N-dealkylation sites (tertiary alicyclic amines) is 1. The largest absolute Gasteiger partial charge is 0.492 e. The maximum atomic E-state index is 13.3. The van der Waals surface area contributed by atoms with Gasteiger partial charge in [0, 0.05) is 44.8 Å². The second kappa shape index (κ2) is 20.1. The lowest BCUT2D eigenvalue weighted by atomic mass is 9.79. The van der Waals surface area contributed by atoms with Crippen LogP contribution in [0.3, 0.4) is 0 Å². The molecule has 12 nitrogen and oxygen atoms in total. The number of imide groups is 2. The number of allylic oxidation sites excluding steroid dienone is 1. The molecule has 0 spiro atoms. The van der Waals surface area contributed by atoms with Gasteiger partial charge in [-0.25, -0.2) is 0 Å². The van der Waals surface area contributed by atoms with Crippen molar-refractivity contribution in [2.24, 2.45) is 5.92 Å². The molecule has 13 heteroatoms. The Bertz CT molecular complexity index is 2250. The zero-order valence-corrected chi connectivity index (χ0v) is 34.8. The number of fused-ring (bicyclic) bond motifs is 1. The first-order chi connectivity index (χ1) is 29.7. The number of hydrogen-bond acceptors (Lipinski definition) is 10. The molecule has 4 aromatic carbocycles. The first-order valence-corrected chi connectivity index (χ1v) is 21.7. The van der Waals surface area contributed by atoms with Gasteiger partial charge >= 0.3 is 7.12 Å². The molecule has 3 fully saturated rings. The molecule has 0 bridgehead atoms. The molecule has 4 aliphatic rings. The van der Waals surface area contributed by atoms with Crippen LogP contribution in [-0.2, 0) is 9.59 Å². The molecule has 4 heterocycles. The zero-order valence-electron chi connectivity index (χ0n) is 34.8. The quantitative estimate of drug-likeness (QED) is 0.0895. The van der Waals surface area contributed by atoms with Crippen LogP contribution in [0.25, 0.3) is 11.1 Å². The van der Waals surface area contributed by atoms with Crippen LogP contribution in [-0.4, -0.2) is 121 Å². The van der Waals surface area contributed by atoms with E-state index in [1.807, 2.05) is 36.4 Å². The number of nitrogens with one attached hydrogen (secondary N) is 1. The summed E-state index contributed by atoms with van der Waals surface area (Å²) in [6.07, 6.45) is 4.62. The van der Waals surface area contributed by atoms with E-state index in [0.717, 1.165) is 97.4 Å². The highest BCUT2D eigenvalue weighted by molar-refractivity contribution is 6.58. The van der Waals surface area contributed by atoms with Crippen molar-refractivity contribution >= 4 is 53.0 Å². The average Bonchev–Trinajstić information content (AvgIpc) is 3.53. The minimum atomic E-state index is -1.51. The fraction of sp³-hybridized carbons (Fsp3) is 0.388. The van der Waals surface area contributed by atoms with Gasteiger partial charge in [0.05, 0.1) is 11.1 Å². The van der Waals surface area contributed by atoms with Crippen molar-refractivity contribution in [3.8, 4) is 5.75 Å². The lowest BCUT2D eigenvalue weighted by Crippen LogP contribution is -2.54. The average molecular weight is 840 g/mol. The summed E-state index contributed by atoms with van der Waals surface area (Å²) in [6.45, 7) is 10.4. The van der Waals surface area contributed by atoms with E-state index in [2.05, 4.69) is 63.3 Å². The van der Waals surface area contributed by atoms with Crippen molar-refractivity contribution < 1.29 is 34.0 Å². The number of rotatable bonds is 14. The van der Waals surface area contributed by atoms with Crippen LogP contribution in [0, 0.1) is 5.92 Å². The second-order valence-electron chi connectivity index (χ2n) is 16.5. The van der Waals surface area contributed by atoms with Crippen LogP contribution in [0.1, 0.15) is 90.3 Å². The minimum Gasteiger partial charge on any atom is -0.492 e. The lowest BCUT2D eigenvalue weighted by molar-refractivity contribution is -0.136. The van der Waals surface area contributed by atoms with Gasteiger partial charge in [-0.1, -0.05) is 81.1 Å². The molecule has 0 aromatic heterocycles. The molecule has 62 heavy (non-hydrogen) atoms. The Balaban J connectivity index is 0.00000578. The number of carbonyl (C=O) groups is 4. The van der Waals surface area contributed by atoms with Gasteiger partial charge in [-0.3, -0.25) is 39.2 Å². The molecule has 3 N–H and O–H groups in total. The van der Waals surface area contributed by atoms with Crippen LogP contribution >= 0.6 is 0 Å². The Kier molecular flexibility index (Phi) is 14.4. The summed E-state index contributed by atoms with van der Waals surface area (Å²) < 4.78 is 6.24. The zero-order chi connectivity index (χ0) is 42.5. The van der Waals surface area contributed by atoms with Crippen LogP contribution in [0.15, 0.2) is 97.1 Å². The molecule has 1 unspecified atom stereocenters. The highest BCUT2D eigenvalue weighted by Crippen LogP contribution is 2.35. The van der Waals surface area contributed by atoms with E-state index in [9.17, 15) is 29.2 Å². The number of anilines is 1. The van der Waals surface area contributed by atoms with Gasteiger partial charge in [0.2, 0.25) is 11.8 Å². The van der Waals surface area contributed by atoms with Crippen molar-refractivity contribution in [3.63, 3.8) is 0 Å². The van der Waals surface area contributed by atoms with Gasteiger partial charge in [-0.05, 0) is 121 Å². The van der Waals surface area contributed by atoms with Gasteiger partial charge in [-0.15, -0.1) is 0 Å². The first-order valence-electron chi connectivity index (χ1n) is 21.7. The van der Waals surface area contributed by atoms with Gasteiger partial charge < -0.3 is 19.7 Å². The topological polar surface area (TPSA) is 143 Å². The van der Waals surface area contributed by atoms with E-state index in [1.54, 1.807) is 24.3 Å². The standard InChI is InChI=1S/C48H54BN5O7.CH4/c1-2-40(34-6-4-3-5-7-34)45(35-8-12-37(13-9-35)49(59)60)36-10-15-39(16-11-36)61-31-30-51-23-20-33(21-24-51)22-25-52-26-28-53(29-27-52)38-14-17-41-42(32-38)48(58)54(47(41)57)43-18-19-44(55)50-46(43)56;/h3-17,32-33,43,59-60H,2,18-31H2,1H3,(H,50,55,56);1H4/b45-40-;. The number of hydrogen-bond donors (Lipinski definition) is 3. The van der Waals surface area contributed by atoms with Crippen LogP contribution in [0.2, 0.25) is 0 Å². The Hall–Kier alpha value is -5.60. The van der Waals surface area contributed by atoms with Crippen LogP contribution in [0.4, 0.5) is 5.69 Å². The lowest BCUT2D eigenvalue weighted by Gasteiger charge is -2.37. The summed E-state index contributed by atoms with van der Waals surface area (Å²) >= 11 is 0. The van der Waals surface area contributed by atoms with Crippen LogP contribution < -0.4 is 20.4 Å². The van der Waals surface area contributed by atoms with Gasteiger partial charge in [0.1, 0.15) is 18.4 Å². The molecule has 0 radical (unpaired) electrons. The van der Waals surface area contributed by atoms with E-state index < -0.39 is 30.9 Å². The van der Waals surface area contributed by atoms with Crippen molar-refractivity contribution in [3.05, 3.63) is 125 Å². The van der Waals surface area contributed by atoms with Crippen molar-refractivity contribution in [2.45, 2.75) is 58.9 Å². The number of amides is 4. The Labute approximate surface area is 365 Å². The SMILES string of the molecule is C.CC/C(=C(/c1ccc(OCCN2CCC(CCN3CCN(c4ccc5c(c4)C(=O)N(C4CCC(=O)NC4=O)C5=O)CC3)CC2)cc1)c1ccc(B(O)O)cc1)c1ccccc1. The van der Waals surface area contributed by atoms with Crippen molar-refractivity contribution in [2.75, 3.05) is 63.9 Å². The third-order valence-corrected chi connectivity index (χ3v) is 12.8. The normalized spacial score (nSPS) is 19.2. The van der Waals surface area contributed by atoms with Crippen molar-refractivity contribution in [1.82, 2.24) is 20.0 Å². The smallest absolute Gasteiger partial charge is 0.488 e. The molecule has 1 atom stereocenters. The second-order valence-corrected chi connectivity index (χ2v) is 16.5. The third kappa shape index (κ3) is 9.87. The molecular weight excluding hydrogens is 781 g/mol. The molecule has 4 aromatic rings. The number of carbonyl (C=O) groups excluding carboxylic acids is 4. The summed E-state index contributed by atoms with van der Waals surface area (Å²) in [7, 11) is -1.51. The van der Waals surface area contributed by atoms with E-state index in [-0.39, 0.29) is 26.2 Å². The molecule has 4 amide bonds. The predicted octanol–water partition coefficient (Wildman–Crippen LogP) is 5.08. The monoisotopic (exact) mass is 839 g/mol. The van der Waals surface area contributed by atoms with E-state index >= 15 is 0 Å². The van der Waals surface area contributed by atoms with E-state index in [0.29, 0.717) is 29.1 Å². The minimum absolute atomic E-state index is 0. The molecule has 8 rings (SSSR count). The number of piperazine rings is 1. The maximum Gasteiger partial charge on any atom is 0.488 e. The Morgan fingerprint density at radius 3 is 2.02 bits per heavy atom. The fourth-order valence-corrected chi connectivity index (χ4v) is 9.26. The summed E-state index contributed by atoms with van der Waals surface area (Å²) in [5.74, 6) is -0.398. The summed E-state index contributed by atoms with van der Waals surface area (Å²) in [4.78, 5) is 58.8. The third-order valence-electron chi connectivity index (χ3n) is 12.8. The van der Waals surface area contributed by atoms with Gasteiger partial charge in [-0.2, -0.15) is 0 Å². The summed E-state index contributed by atoms with van der Waals surface area (Å²) in [6, 6.07) is 30.5. The highest BCUT2D eigenvalue weighted by atomic mass is 16.5. The molecular formula is C49H58BN5O7. The van der Waals surface area contributed by atoms with E-state index in [1.165, 1.54) is 24.8 Å².